The summed E-state index contributed by atoms with van der Waals surface area (Å²) in [5, 5.41) is 1.39. The first-order chi connectivity index (χ1) is 12.8. The number of hydrogen-bond acceptors (Lipinski definition) is 2. The number of benzene rings is 2. The van der Waals surface area contributed by atoms with Gasteiger partial charge in [0, 0.05) is 22.5 Å². The third kappa shape index (κ3) is 4.28. The van der Waals surface area contributed by atoms with Crippen LogP contribution in [0.5, 0.6) is 0 Å². The van der Waals surface area contributed by atoms with Gasteiger partial charge in [0.15, 0.2) is 0 Å². The average Bonchev–Trinajstić information content (AvgIpc) is 3.04. The summed E-state index contributed by atoms with van der Waals surface area (Å²) in [7, 11) is -3.40. The molecule has 0 aliphatic carbocycles. The van der Waals surface area contributed by atoms with Crippen molar-refractivity contribution in [3.05, 3.63) is 65.3 Å². The Morgan fingerprint density at radius 1 is 1.15 bits per heavy atom. The third-order valence-corrected chi connectivity index (χ3v) is 5.62. The van der Waals surface area contributed by atoms with E-state index >= 15 is 0 Å². The van der Waals surface area contributed by atoms with Gasteiger partial charge in [-0.1, -0.05) is 36.7 Å². The summed E-state index contributed by atoms with van der Waals surface area (Å²) in [6, 6.07) is 14.3. The van der Waals surface area contributed by atoms with Crippen molar-refractivity contribution >= 4 is 38.2 Å². The van der Waals surface area contributed by atoms with Gasteiger partial charge in [-0.2, -0.15) is 0 Å². The quantitative estimate of drug-likeness (QED) is 0.571. The molecule has 0 amide bonds. The Morgan fingerprint density at radius 2 is 1.85 bits per heavy atom. The third-order valence-electron chi connectivity index (χ3n) is 4.78. The number of aromatic nitrogens is 1. The van der Waals surface area contributed by atoms with E-state index in [9.17, 15) is 12.8 Å². The van der Waals surface area contributed by atoms with Crippen molar-refractivity contribution in [2.24, 2.45) is 0 Å². The highest BCUT2D eigenvalue weighted by Gasteiger charge is 2.25. The van der Waals surface area contributed by atoms with Crippen molar-refractivity contribution in [3.63, 3.8) is 0 Å². The number of anilines is 1. The van der Waals surface area contributed by atoms with Crippen LogP contribution in [0.3, 0.4) is 0 Å². The molecule has 2 aromatic carbocycles. The molecule has 7 heteroatoms. The highest BCUT2D eigenvalue weighted by atomic mass is 35.5. The van der Waals surface area contributed by atoms with Gasteiger partial charge in [-0.25, -0.2) is 12.8 Å². The molecule has 0 radical (unpaired) electrons. The normalized spacial score (nSPS) is 14.2. The molecule has 0 aliphatic rings. The van der Waals surface area contributed by atoms with Gasteiger partial charge in [-0.3, -0.25) is 4.72 Å². The van der Waals surface area contributed by atoms with Gasteiger partial charge in [0.25, 0.3) is 0 Å². The maximum atomic E-state index is 14.2. The minimum Gasteiger partial charge on any atom is -0.341 e. The lowest BCUT2D eigenvalue weighted by molar-refractivity contribution is 0.311. The van der Waals surface area contributed by atoms with Crippen molar-refractivity contribution in [1.29, 1.82) is 0 Å². The number of alkyl halides is 1. The fourth-order valence-corrected chi connectivity index (χ4v) is 4.29. The maximum Gasteiger partial charge on any atom is 0.229 e. The zero-order valence-corrected chi connectivity index (χ0v) is 16.8. The van der Waals surface area contributed by atoms with Crippen LogP contribution in [0, 0.1) is 0 Å². The monoisotopic (exact) mass is 408 g/mol. The maximum absolute atomic E-state index is 14.2. The topological polar surface area (TPSA) is 51.1 Å². The number of nitrogens with one attached hydrogen (secondary N) is 1. The SMILES string of the molecule is CCC(c1ccc(Cl)cc1)C(CF)n1ccc2c(NS(C)(=O)=O)cccc21. The second-order valence-electron chi connectivity index (χ2n) is 6.62. The predicted molar refractivity (Wildman–Crippen MR) is 110 cm³/mol. The first-order valence-electron chi connectivity index (χ1n) is 8.72. The van der Waals surface area contributed by atoms with Crippen LogP contribution in [0.25, 0.3) is 10.9 Å². The molecule has 1 heterocycles. The van der Waals surface area contributed by atoms with Crippen LogP contribution in [0.2, 0.25) is 5.02 Å². The summed E-state index contributed by atoms with van der Waals surface area (Å²) in [6.45, 7) is 1.50. The molecule has 144 valence electrons. The van der Waals surface area contributed by atoms with Gasteiger partial charge in [0.2, 0.25) is 10.0 Å². The Labute approximate surface area is 164 Å². The summed E-state index contributed by atoms with van der Waals surface area (Å²) >= 11 is 5.99. The molecule has 2 atom stereocenters. The van der Waals surface area contributed by atoms with Crippen molar-refractivity contribution in [3.8, 4) is 0 Å². The number of hydrogen-bond donors (Lipinski definition) is 1. The van der Waals surface area contributed by atoms with Crippen LogP contribution >= 0.6 is 11.6 Å². The molecule has 0 saturated carbocycles. The van der Waals surface area contributed by atoms with E-state index in [1.807, 2.05) is 54.1 Å². The fraction of sp³-hybridized carbons (Fsp3) is 0.300. The molecule has 3 rings (SSSR count). The minimum atomic E-state index is -3.40. The Hall–Kier alpha value is -2.05. The number of sulfonamides is 1. The van der Waals surface area contributed by atoms with E-state index in [1.54, 1.807) is 12.1 Å². The van der Waals surface area contributed by atoms with Crippen LogP contribution < -0.4 is 4.72 Å². The fourth-order valence-electron chi connectivity index (χ4n) is 3.58. The molecule has 27 heavy (non-hydrogen) atoms. The van der Waals surface area contributed by atoms with Crippen LogP contribution in [-0.2, 0) is 10.0 Å². The molecular formula is C20H22ClFN2O2S. The number of nitrogens with zero attached hydrogens (tertiary/aromatic N) is 1. The Balaban J connectivity index is 2.06. The van der Waals surface area contributed by atoms with E-state index in [1.165, 1.54) is 0 Å². The zero-order valence-electron chi connectivity index (χ0n) is 15.2. The minimum absolute atomic E-state index is 0.0330. The molecule has 0 bridgehead atoms. The molecule has 0 fully saturated rings. The Morgan fingerprint density at radius 3 is 2.44 bits per heavy atom. The van der Waals surface area contributed by atoms with E-state index in [2.05, 4.69) is 4.72 Å². The lowest BCUT2D eigenvalue weighted by Gasteiger charge is -2.27. The largest absolute Gasteiger partial charge is 0.341 e. The number of rotatable bonds is 7. The molecule has 0 aliphatic heterocycles. The zero-order chi connectivity index (χ0) is 19.6. The van der Waals surface area contributed by atoms with Gasteiger partial charge >= 0.3 is 0 Å². The summed E-state index contributed by atoms with van der Waals surface area (Å²) < 4.78 is 41.8. The molecule has 3 aromatic rings. The van der Waals surface area contributed by atoms with Gasteiger partial charge in [0.05, 0.1) is 23.5 Å². The molecule has 0 saturated heterocycles. The van der Waals surface area contributed by atoms with Crippen molar-refractivity contribution in [1.82, 2.24) is 4.57 Å². The van der Waals surface area contributed by atoms with Crippen LogP contribution in [0.1, 0.15) is 30.9 Å². The van der Waals surface area contributed by atoms with E-state index in [0.717, 1.165) is 29.1 Å². The predicted octanol–water partition coefficient (Wildman–Crippen LogP) is 5.37. The van der Waals surface area contributed by atoms with Crippen LogP contribution in [0.4, 0.5) is 10.1 Å². The average molecular weight is 409 g/mol. The molecule has 0 spiro atoms. The smallest absolute Gasteiger partial charge is 0.229 e. The summed E-state index contributed by atoms with van der Waals surface area (Å²) in [5.41, 5.74) is 2.31. The van der Waals surface area contributed by atoms with Crippen molar-refractivity contribution in [2.45, 2.75) is 25.3 Å². The van der Waals surface area contributed by atoms with Crippen molar-refractivity contribution in [2.75, 3.05) is 17.7 Å². The molecular weight excluding hydrogens is 387 g/mol. The lowest BCUT2D eigenvalue weighted by atomic mass is 9.89. The summed E-state index contributed by atoms with van der Waals surface area (Å²) in [6.07, 6.45) is 3.69. The summed E-state index contributed by atoms with van der Waals surface area (Å²) in [5.74, 6) is -0.0330. The van der Waals surface area contributed by atoms with E-state index in [-0.39, 0.29) is 5.92 Å². The molecule has 1 N–H and O–H groups in total. The second kappa shape index (κ2) is 7.90. The van der Waals surface area contributed by atoms with Gasteiger partial charge in [-0.05, 0) is 42.3 Å². The van der Waals surface area contributed by atoms with E-state index < -0.39 is 22.7 Å². The molecule has 1 aromatic heterocycles. The van der Waals surface area contributed by atoms with Crippen molar-refractivity contribution < 1.29 is 12.8 Å². The number of fused-ring (bicyclic) bond motifs is 1. The van der Waals surface area contributed by atoms with E-state index in [0.29, 0.717) is 10.7 Å². The summed E-state index contributed by atoms with van der Waals surface area (Å²) in [4.78, 5) is 0. The number of halogens is 2. The molecule has 4 nitrogen and oxygen atoms in total. The van der Waals surface area contributed by atoms with Gasteiger partial charge in [-0.15, -0.1) is 0 Å². The van der Waals surface area contributed by atoms with E-state index in [4.69, 9.17) is 11.6 Å². The standard InChI is InChI=1S/C20H22ClFN2O2S/c1-3-16(14-7-9-15(21)10-8-14)20(13-22)24-12-11-17-18(23-27(2,25)26)5-4-6-19(17)24/h4-12,16,20,23H,3,13H2,1-2H3. The Kier molecular flexibility index (Phi) is 5.77. The second-order valence-corrected chi connectivity index (χ2v) is 8.81. The van der Waals surface area contributed by atoms with Gasteiger partial charge < -0.3 is 4.57 Å². The first kappa shape index (κ1) is 19.7. The van der Waals surface area contributed by atoms with Gasteiger partial charge in [0.1, 0.15) is 6.67 Å². The highest BCUT2D eigenvalue weighted by molar-refractivity contribution is 7.92. The Bertz CT molecular complexity index is 1030. The highest BCUT2D eigenvalue weighted by Crippen LogP contribution is 2.36. The molecule has 2 unspecified atom stereocenters. The first-order valence-corrected chi connectivity index (χ1v) is 11.0. The van der Waals surface area contributed by atoms with Crippen LogP contribution in [-0.4, -0.2) is 25.9 Å². The lowest BCUT2D eigenvalue weighted by Crippen LogP contribution is -2.19. The van der Waals surface area contributed by atoms with Crippen LogP contribution in [0.15, 0.2) is 54.7 Å².